The molecule has 534 valence electrons. The maximum absolute atomic E-state index is 18.1. The number of hydrogen-bond donors (Lipinski definition) is 0. The van der Waals surface area contributed by atoms with Crippen LogP contribution in [0.4, 0.5) is 171 Å². The Kier molecular flexibility index (Phi) is 18.3. The van der Waals surface area contributed by atoms with Crippen LogP contribution in [-0.2, 0) is 0 Å². The van der Waals surface area contributed by atoms with Gasteiger partial charge < -0.3 is 0 Å². The van der Waals surface area contributed by atoms with Crippen LogP contribution < -0.4 is 0 Å². The van der Waals surface area contributed by atoms with Crippen LogP contribution >= 0.6 is 0 Å². The van der Waals surface area contributed by atoms with Gasteiger partial charge in [-0.2, -0.15) is 0 Å². The molecule has 0 heterocycles. The first-order valence-corrected chi connectivity index (χ1v) is 26.1. The number of benzene rings is 10. The van der Waals surface area contributed by atoms with Crippen LogP contribution in [0.1, 0.15) is 16.7 Å². The number of halogens is 39. The van der Waals surface area contributed by atoms with Crippen LogP contribution in [0.25, 0.3) is 100 Å². The second-order valence-corrected chi connectivity index (χ2v) is 20.9. The van der Waals surface area contributed by atoms with Crippen molar-refractivity contribution in [3.63, 3.8) is 0 Å². The molecule has 0 N–H and O–H groups in total. The lowest BCUT2D eigenvalue weighted by Gasteiger charge is -2.23. The molecular weight excluding hydrogens is 1500 g/mol. The molecule has 10 aromatic rings. The van der Waals surface area contributed by atoms with Crippen molar-refractivity contribution in [1.29, 1.82) is 0 Å². The van der Waals surface area contributed by atoms with Crippen molar-refractivity contribution in [1.82, 2.24) is 0 Å². The van der Waals surface area contributed by atoms with Gasteiger partial charge in [-0.3, -0.25) is 0 Å². The molecule has 0 aromatic heterocycles. The Morgan fingerprint density at radius 1 is 0.0784 bits per heavy atom. The van der Waals surface area contributed by atoms with Crippen molar-refractivity contribution < 1.29 is 171 Å². The summed E-state index contributed by atoms with van der Waals surface area (Å²) in [5.41, 5.74) is -66.0. The predicted molar refractivity (Wildman–Crippen MR) is 268 cm³/mol. The Bertz CT molecular complexity index is 4640. The summed E-state index contributed by atoms with van der Waals surface area (Å²) in [5, 5.41) is 0. The summed E-state index contributed by atoms with van der Waals surface area (Å²) >= 11 is 0. The van der Waals surface area contributed by atoms with Gasteiger partial charge in [0, 0.05) is 16.7 Å². The average molecular weight is 1510 g/mol. The zero-order valence-corrected chi connectivity index (χ0v) is 47.7. The minimum Gasteiger partial charge on any atom is -0.206 e. The fourth-order valence-corrected chi connectivity index (χ4v) is 10.8. The van der Waals surface area contributed by atoms with Crippen LogP contribution in [0, 0.1) is 248 Å². The average Bonchev–Trinajstić information content (AvgIpc) is 0.706. The quantitative estimate of drug-likeness (QED) is 0.0768. The molecule has 0 aliphatic rings. The Hall–Kier alpha value is -10.5. The van der Waals surface area contributed by atoms with E-state index in [0.29, 0.717) is 0 Å². The summed E-state index contributed by atoms with van der Waals surface area (Å²) in [5.74, 6) is -136. The van der Waals surface area contributed by atoms with E-state index in [9.17, 15) is 48.3 Å². The van der Waals surface area contributed by atoms with E-state index in [0.717, 1.165) is 0 Å². The van der Waals surface area contributed by atoms with Crippen molar-refractivity contribution in [3.05, 3.63) is 244 Å². The van der Waals surface area contributed by atoms with Gasteiger partial charge in [-0.1, -0.05) is 0 Å². The van der Waals surface area contributed by atoms with Crippen molar-refractivity contribution in [3.8, 4) is 100 Å². The highest BCUT2D eigenvalue weighted by molar-refractivity contribution is 5.92. The molecule has 10 aromatic carbocycles. The summed E-state index contributed by atoms with van der Waals surface area (Å²) in [7, 11) is 0. The molecule has 0 aliphatic carbocycles. The van der Waals surface area contributed by atoms with Gasteiger partial charge in [0.05, 0.1) is 89.0 Å². The monoisotopic (exact) mass is 1510 g/mol. The van der Waals surface area contributed by atoms with Crippen LogP contribution in [0.3, 0.4) is 0 Å². The summed E-state index contributed by atoms with van der Waals surface area (Å²) in [6.07, 6.45) is 0. The smallest absolute Gasteiger partial charge is 0.200 e. The van der Waals surface area contributed by atoms with Gasteiger partial charge in [0.2, 0.25) is 17.5 Å². The van der Waals surface area contributed by atoms with E-state index in [1.165, 1.54) is 0 Å². The minimum atomic E-state index is -4.13. The molecule has 0 amide bonds. The first kappa shape index (κ1) is 74.2. The van der Waals surface area contributed by atoms with E-state index in [1.54, 1.807) is 0 Å². The fourth-order valence-electron chi connectivity index (χ4n) is 10.8. The van der Waals surface area contributed by atoms with Gasteiger partial charge in [-0.25, -0.2) is 171 Å². The molecule has 0 bridgehead atoms. The summed E-state index contributed by atoms with van der Waals surface area (Å²) in [6, 6.07) is 0. The number of rotatable bonds is 9. The Morgan fingerprint density at radius 2 is 0.167 bits per heavy atom. The SMILES string of the molecule is Cc1c(F)c(F)c(F)c(-c2c(F)c(F)c(-c3c(F)c(-c4c(F)c(F)c(-c5c(F)c(F)c(F)c(F)c5F)c(F)c4F)c(F)c(-c4c(F)c(-c5c(F)c(C)c(-c6c(F)c(F)c(F)c(F)c6F)c(F)c5F)c(F)c(-c5c(F)c(C)c(-c6c(F)c(F)c(F)c(F)c6F)c(F)c5F)c4F)c3F)c(F)c2F)c1F. The van der Waals surface area contributed by atoms with Crippen molar-refractivity contribution in [2.45, 2.75) is 20.8 Å². The van der Waals surface area contributed by atoms with Gasteiger partial charge >= 0.3 is 0 Å². The van der Waals surface area contributed by atoms with Crippen LogP contribution in [0.2, 0.25) is 0 Å². The highest BCUT2D eigenvalue weighted by Gasteiger charge is 2.46. The first-order chi connectivity index (χ1) is 47.2. The molecule has 0 saturated carbocycles. The summed E-state index contributed by atoms with van der Waals surface area (Å²) in [6.45, 7) is -0.409. The largest absolute Gasteiger partial charge is 0.206 e. The molecule has 0 saturated heterocycles. The lowest BCUT2D eigenvalue weighted by Crippen LogP contribution is -2.15. The van der Waals surface area contributed by atoms with Gasteiger partial charge in [-0.15, -0.1) is 0 Å². The van der Waals surface area contributed by atoms with Crippen LogP contribution in [0.15, 0.2) is 0 Å². The molecule has 0 nitrogen and oxygen atoms in total. The molecule has 39 heteroatoms. The zero-order valence-electron chi connectivity index (χ0n) is 47.7. The van der Waals surface area contributed by atoms with Crippen LogP contribution in [0.5, 0.6) is 0 Å². The molecule has 102 heavy (non-hydrogen) atoms. The van der Waals surface area contributed by atoms with Gasteiger partial charge in [0.25, 0.3) is 0 Å². The van der Waals surface area contributed by atoms with E-state index in [2.05, 4.69) is 0 Å². The third-order valence-electron chi connectivity index (χ3n) is 15.6. The predicted octanol–water partition coefficient (Wildman–Crippen LogP) is 23.0. The lowest BCUT2D eigenvalue weighted by molar-refractivity contribution is 0.379. The third kappa shape index (κ3) is 9.94. The molecule has 0 aliphatic heterocycles. The standard InChI is InChI=1S/C63H9F39/c1-4-7(9-47(86)55(94)61(100)56(95)48(9)87)35(74)37(76)11(25(4)64)14-29(68)15(12-26(65)5(2)8(36(75)38(12)77)10-49(88)57(96)62(101)58(97)50(10)89)31(70)16(30(14)69)17-32(71)18(21-41(80)39(78)20(40(79)42(21)81)13-27(66)6(3)28(67)54(93)51(13)90)34(73)19(33(17)72)22-43(82)45(84)23(46(85)44(22)83)24-52(91)59(98)63(102)60(99)53(24)92/h1-3H3. The molecule has 10 rings (SSSR count). The topological polar surface area (TPSA) is 0 Å². The van der Waals surface area contributed by atoms with Crippen LogP contribution in [-0.4, -0.2) is 0 Å². The van der Waals surface area contributed by atoms with E-state index < -0.39 is 344 Å². The molecule has 0 spiro atoms. The molecule has 0 fully saturated rings. The highest BCUT2D eigenvalue weighted by atomic mass is 19.2. The van der Waals surface area contributed by atoms with Gasteiger partial charge in [-0.05, 0) is 31.9 Å². The zero-order chi connectivity index (χ0) is 76.6. The van der Waals surface area contributed by atoms with Gasteiger partial charge in [0.1, 0.15) is 52.4 Å². The molecule has 0 atom stereocenters. The number of hydrogen-bond acceptors (Lipinski definition) is 0. The molecule has 0 radical (unpaired) electrons. The maximum Gasteiger partial charge on any atom is 0.200 e. The van der Waals surface area contributed by atoms with E-state index >= 15 is 123 Å². The lowest BCUT2D eigenvalue weighted by atomic mass is 9.84. The van der Waals surface area contributed by atoms with E-state index in [1.807, 2.05) is 0 Å². The second-order valence-electron chi connectivity index (χ2n) is 20.9. The second kappa shape index (κ2) is 25.2. The van der Waals surface area contributed by atoms with Crippen molar-refractivity contribution in [2.24, 2.45) is 0 Å². The van der Waals surface area contributed by atoms with Crippen molar-refractivity contribution in [2.75, 3.05) is 0 Å². The summed E-state index contributed by atoms with van der Waals surface area (Å²) in [4.78, 5) is 0. The van der Waals surface area contributed by atoms with E-state index in [-0.39, 0.29) is 20.8 Å². The summed E-state index contributed by atoms with van der Waals surface area (Å²) < 4.78 is 621. The third-order valence-corrected chi connectivity index (χ3v) is 15.6. The maximum atomic E-state index is 18.1. The normalized spacial score (nSPS) is 11.8. The van der Waals surface area contributed by atoms with E-state index in [4.69, 9.17) is 0 Å². The van der Waals surface area contributed by atoms with Crippen molar-refractivity contribution >= 4 is 0 Å². The Balaban J connectivity index is 1.47. The van der Waals surface area contributed by atoms with Gasteiger partial charge in [0.15, 0.2) is 157 Å². The Morgan fingerprint density at radius 3 is 0.333 bits per heavy atom. The first-order valence-electron chi connectivity index (χ1n) is 26.1. The minimum absolute atomic E-state index is 0.0800. The molecular formula is C63H9F39. The molecule has 0 unspecified atom stereocenters. The highest BCUT2D eigenvalue weighted by Crippen LogP contribution is 2.55. The fraction of sp³-hybridized carbons (Fsp3) is 0.0476. The Labute approximate surface area is 534 Å².